The molecule has 0 radical (unpaired) electrons. The van der Waals surface area contributed by atoms with Crippen molar-refractivity contribution in [2.45, 2.75) is 19.8 Å². The lowest BCUT2D eigenvalue weighted by molar-refractivity contribution is 0.841. The lowest BCUT2D eigenvalue weighted by Gasteiger charge is -1.85. The molecular formula is C7H10N6. The largest absolute Gasteiger partial charge is 0.263 e. The topological polar surface area (TPSA) is 83.1 Å². The number of aryl methyl sites for hydroxylation is 1. The van der Waals surface area contributed by atoms with E-state index in [1.54, 1.807) is 6.20 Å². The molecule has 68 valence electrons. The molecule has 6 heteroatoms. The molecule has 13 heavy (non-hydrogen) atoms. The molecule has 0 aliphatic rings. The molecule has 0 atom stereocenters. The van der Waals surface area contributed by atoms with Crippen molar-refractivity contribution in [3.63, 3.8) is 0 Å². The summed E-state index contributed by atoms with van der Waals surface area (Å²) < 4.78 is 0. The third-order valence-corrected chi connectivity index (χ3v) is 1.66. The molecule has 2 aromatic rings. The number of hydrogen-bond acceptors (Lipinski definition) is 4. The molecule has 2 heterocycles. The average molecular weight is 178 g/mol. The SMILES string of the molecule is CCCc1nc(-c2cn[nH]n2)n[nH]1. The Morgan fingerprint density at radius 3 is 3.00 bits per heavy atom. The summed E-state index contributed by atoms with van der Waals surface area (Å²) >= 11 is 0. The summed E-state index contributed by atoms with van der Waals surface area (Å²) in [5.74, 6) is 1.48. The Kier molecular flexibility index (Phi) is 2.03. The van der Waals surface area contributed by atoms with Crippen molar-refractivity contribution < 1.29 is 0 Å². The van der Waals surface area contributed by atoms with E-state index in [-0.39, 0.29) is 0 Å². The van der Waals surface area contributed by atoms with E-state index in [9.17, 15) is 0 Å². The number of nitrogens with one attached hydrogen (secondary N) is 2. The van der Waals surface area contributed by atoms with Crippen molar-refractivity contribution in [1.82, 2.24) is 30.6 Å². The summed E-state index contributed by atoms with van der Waals surface area (Å²) in [6, 6.07) is 0. The zero-order valence-corrected chi connectivity index (χ0v) is 7.28. The number of hydrogen-bond donors (Lipinski definition) is 2. The predicted octanol–water partition coefficient (Wildman–Crippen LogP) is 0.542. The van der Waals surface area contributed by atoms with Crippen LogP contribution in [-0.4, -0.2) is 30.6 Å². The minimum atomic E-state index is 0.595. The Bertz CT molecular complexity index is 362. The molecule has 0 amide bonds. The number of H-pyrrole nitrogens is 2. The first-order valence-electron chi connectivity index (χ1n) is 4.17. The van der Waals surface area contributed by atoms with E-state index in [4.69, 9.17) is 0 Å². The first kappa shape index (κ1) is 7.90. The molecule has 2 rings (SSSR count). The Labute approximate surface area is 74.8 Å². The van der Waals surface area contributed by atoms with Gasteiger partial charge in [0.25, 0.3) is 0 Å². The van der Waals surface area contributed by atoms with Crippen molar-refractivity contribution in [1.29, 1.82) is 0 Å². The quantitative estimate of drug-likeness (QED) is 0.718. The Morgan fingerprint density at radius 2 is 2.31 bits per heavy atom. The summed E-state index contributed by atoms with van der Waals surface area (Å²) in [5.41, 5.74) is 0.665. The number of aromatic amines is 2. The second-order valence-electron chi connectivity index (χ2n) is 2.71. The summed E-state index contributed by atoms with van der Waals surface area (Å²) in [4.78, 5) is 4.25. The monoisotopic (exact) mass is 178 g/mol. The third kappa shape index (κ3) is 1.56. The van der Waals surface area contributed by atoms with Crippen molar-refractivity contribution in [2.75, 3.05) is 0 Å². The normalized spacial score (nSPS) is 10.5. The van der Waals surface area contributed by atoms with Crippen LogP contribution in [0.25, 0.3) is 11.5 Å². The van der Waals surface area contributed by atoms with Crippen LogP contribution < -0.4 is 0 Å². The van der Waals surface area contributed by atoms with Crippen molar-refractivity contribution in [3.05, 3.63) is 12.0 Å². The maximum Gasteiger partial charge on any atom is 0.203 e. The van der Waals surface area contributed by atoms with Gasteiger partial charge in [-0.25, -0.2) is 4.98 Å². The Balaban J connectivity index is 2.23. The molecule has 0 fully saturated rings. The molecular weight excluding hydrogens is 168 g/mol. The van der Waals surface area contributed by atoms with Crippen LogP contribution in [0.2, 0.25) is 0 Å². The van der Waals surface area contributed by atoms with Crippen LogP contribution in [0.1, 0.15) is 19.2 Å². The molecule has 0 aliphatic carbocycles. The van der Waals surface area contributed by atoms with Crippen molar-refractivity contribution in [2.24, 2.45) is 0 Å². The molecule has 0 aromatic carbocycles. The molecule has 2 aromatic heterocycles. The highest BCUT2D eigenvalue weighted by Gasteiger charge is 2.06. The van der Waals surface area contributed by atoms with E-state index in [1.165, 1.54) is 0 Å². The minimum Gasteiger partial charge on any atom is -0.263 e. The molecule has 0 saturated heterocycles. The van der Waals surface area contributed by atoms with E-state index in [1.807, 2.05) is 0 Å². The van der Waals surface area contributed by atoms with Gasteiger partial charge in [-0.15, -0.1) is 0 Å². The summed E-state index contributed by atoms with van der Waals surface area (Å²) in [6.45, 7) is 2.10. The van der Waals surface area contributed by atoms with Crippen molar-refractivity contribution in [3.8, 4) is 11.5 Å². The Morgan fingerprint density at radius 1 is 1.38 bits per heavy atom. The highest BCUT2D eigenvalue weighted by molar-refractivity contribution is 5.45. The maximum atomic E-state index is 4.25. The molecule has 6 nitrogen and oxygen atoms in total. The van der Waals surface area contributed by atoms with Crippen molar-refractivity contribution >= 4 is 0 Å². The van der Waals surface area contributed by atoms with Gasteiger partial charge in [0.2, 0.25) is 5.82 Å². The van der Waals surface area contributed by atoms with Gasteiger partial charge in [0.05, 0.1) is 6.20 Å². The van der Waals surface area contributed by atoms with Crippen LogP contribution >= 0.6 is 0 Å². The maximum absolute atomic E-state index is 4.25. The molecule has 0 aliphatic heterocycles. The summed E-state index contributed by atoms with van der Waals surface area (Å²) in [5, 5.41) is 16.9. The zero-order valence-electron chi connectivity index (χ0n) is 7.28. The van der Waals surface area contributed by atoms with Gasteiger partial charge in [-0.3, -0.25) is 5.10 Å². The van der Waals surface area contributed by atoms with Crippen LogP contribution in [-0.2, 0) is 6.42 Å². The molecule has 0 unspecified atom stereocenters. The molecule has 2 N–H and O–H groups in total. The van der Waals surface area contributed by atoms with Gasteiger partial charge < -0.3 is 0 Å². The third-order valence-electron chi connectivity index (χ3n) is 1.66. The predicted molar refractivity (Wildman–Crippen MR) is 45.8 cm³/mol. The molecule has 0 saturated carbocycles. The van der Waals surface area contributed by atoms with E-state index in [0.29, 0.717) is 11.5 Å². The van der Waals surface area contributed by atoms with Gasteiger partial charge in [-0.05, 0) is 6.42 Å². The summed E-state index contributed by atoms with van der Waals surface area (Å²) in [6.07, 6.45) is 3.55. The fraction of sp³-hybridized carbons (Fsp3) is 0.429. The average Bonchev–Trinajstić information content (AvgIpc) is 2.70. The fourth-order valence-electron chi connectivity index (χ4n) is 1.07. The summed E-state index contributed by atoms with van der Waals surface area (Å²) in [7, 11) is 0. The van der Waals surface area contributed by atoms with E-state index < -0.39 is 0 Å². The van der Waals surface area contributed by atoms with Gasteiger partial charge in [0, 0.05) is 6.42 Å². The standard InChI is InChI=1S/C7H10N6/c1-2-3-6-9-7(12-11-6)5-4-8-13-10-5/h4H,2-3H2,1H3,(H,8,10,13)(H,9,11,12). The van der Waals surface area contributed by atoms with Gasteiger partial charge in [0.15, 0.2) is 5.69 Å². The van der Waals surface area contributed by atoms with Gasteiger partial charge >= 0.3 is 0 Å². The minimum absolute atomic E-state index is 0.595. The molecule has 0 spiro atoms. The second kappa shape index (κ2) is 3.34. The second-order valence-corrected chi connectivity index (χ2v) is 2.71. The lowest BCUT2D eigenvalue weighted by Crippen LogP contribution is -1.85. The van der Waals surface area contributed by atoms with Gasteiger partial charge in [0.1, 0.15) is 5.82 Å². The number of rotatable bonds is 3. The Hall–Kier alpha value is -1.72. The van der Waals surface area contributed by atoms with Gasteiger partial charge in [-0.2, -0.15) is 20.5 Å². The van der Waals surface area contributed by atoms with Crippen LogP contribution in [0.15, 0.2) is 6.20 Å². The highest BCUT2D eigenvalue weighted by Crippen LogP contribution is 2.08. The number of aromatic nitrogens is 6. The van der Waals surface area contributed by atoms with Crippen LogP contribution in [0.3, 0.4) is 0 Å². The first-order chi connectivity index (χ1) is 6.40. The lowest BCUT2D eigenvalue weighted by atomic mass is 10.3. The first-order valence-corrected chi connectivity index (χ1v) is 4.17. The van der Waals surface area contributed by atoms with Crippen LogP contribution in [0.4, 0.5) is 0 Å². The van der Waals surface area contributed by atoms with Gasteiger partial charge in [-0.1, -0.05) is 6.92 Å². The van der Waals surface area contributed by atoms with E-state index in [0.717, 1.165) is 18.7 Å². The highest BCUT2D eigenvalue weighted by atomic mass is 15.3. The van der Waals surface area contributed by atoms with Crippen LogP contribution in [0, 0.1) is 0 Å². The van der Waals surface area contributed by atoms with Crippen LogP contribution in [0.5, 0.6) is 0 Å². The number of nitrogens with zero attached hydrogens (tertiary/aromatic N) is 4. The smallest absolute Gasteiger partial charge is 0.203 e. The zero-order chi connectivity index (χ0) is 9.10. The molecule has 0 bridgehead atoms. The van der Waals surface area contributed by atoms with E-state index in [2.05, 4.69) is 37.5 Å². The van der Waals surface area contributed by atoms with E-state index >= 15 is 0 Å². The fourth-order valence-corrected chi connectivity index (χ4v) is 1.07.